The van der Waals surface area contributed by atoms with Gasteiger partial charge in [-0.1, -0.05) is 5.10 Å². The van der Waals surface area contributed by atoms with E-state index in [0.717, 1.165) is 12.1 Å². The van der Waals surface area contributed by atoms with Gasteiger partial charge in [-0.25, -0.2) is 8.78 Å². The number of nitrogen functional groups attached to an aromatic ring is 1. The minimum absolute atomic E-state index is 0.157. The molecule has 0 spiro atoms. The van der Waals surface area contributed by atoms with Gasteiger partial charge in [0.25, 0.3) is 5.91 Å². The lowest BCUT2D eigenvalue weighted by atomic mass is 10.2. The molecule has 0 atom stereocenters. The molecule has 0 aliphatic rings. The maximum absolute atomic E-state index is 13.1. The van der Waals surface area contributed by atoms with Crippen LogP contribution < -0.4 is 11.1 Å². The third-order valence-electron chi connectivity index (χ3n) is 2.09. The highest BCUT2D eigenvalue weighted by molar-refractivity contribution is 6.03. The Morgan fingerprint density at radius 1 is 1.33 bits per heavy atom. The molecule has 2 aromatic rings. The van der Waals surface area contributed by atoms with Gasteiger partial charge < -0.3 is 10.2 Å². The minimum Gasteiger partial charge on any atom is -0.408 e. The summed E-state index contributed by atoms with van der Waals surface area (Å²) in [5.41, 5.74) is 4.20. The summed E-state index contributed by atoms with van der Waals surface area (Å²) in [6, 6.07) is 1.48. The highest BCUT2D eigenvalue weighted by Crippen LogP contribution is 2.18. The van der Waals surface area contributed by atoms with Gasteiger partial charge in [0, 0.05) is 12.5 Å². The molecule has 1 aromatic carbocycles. The molecule has 0 saturated carbocycles. The van der Waals surface area contributed by atoms with Crippen molar-refractivity contribution < 1.29 is 18.0 Å². The van der Waals surface area contributed by atoms with E-state index in [0.29, 0.717) is 0 Å². The molecular formula is C10H8F2N4O2. The lowest BCUT2D eigenvalue weighted by Crippen LogP contribution is -2.13. The standard InChI is InChI=1S/C10H8F2N4O2/c1-4-15-16-10(18-4)14-9(17)5-2-6(11)8(13)7(12)3-5/h2-3H,13H2,1H3,(H,14,16,17). The molecule has 1 amide bonds. The van der Waals surface area contributed by atoms with Crippen LogP contribution in [0.15, 0.2) is 16.5 Å². The maximum atomic E-state index is 13.1. The number of benzene rings is 1. The Kier molecular flexibility index (Phi) is 2.92. The van der Waals surface area contributed by atoms with Gasteiger partial charge in [0.2, 0.25) is 5.89 Å². The summed E-state index contributed by atoms with van der Waals surface area (Å²) in [7, 11) is 0. The van der Waals surface area contributed by atoms with Gasteiger partial charge in [-0.2, -0.15) is 0 Å². The summed E-state index contributed by atoms with van der Waals surface area (Å²) in [5.74, 6) is -2.56. The molecule has 8 heteroatoms. The van der Waals surface area contributed by atoms with Crippen molar-refractivity contribution in [1.29, 1.82) is 0 Å². The summed E-state index contributed by atoms with van der Waals surface area (Å²) < 4.78 is 31.2. The number of amides is 1. The predicted octanol–water partition coefficient (Wildman–Crippen LogP) is 1.49. The van der Waals surface area contributed by atoms with Crippen LogP contribution in [0.1, 0.15) is 16.2 Å². The van der Waals surface area contributed by atoms with E-state index in [1.54, 1.807) is 0 Å². The van der Waals surface area contributed by atoms with Crippen LogP contribution in [0.5, 0.6) is 0 Å². The molecule has 6 nitrogen and oxygen atoms in total. The molecule has 0 radical (unpaired) electrons. The molecule has 18 heavy (non-hydrogen) atoms. The molecule has 0 saturated heterocycles. The zero-order valence-corrected chi connectivity index (χ0v) is 9.20. The number of carbonyl (C=O) groups is 1. The van der Waals surface area contributed by atoms with Crippen LogP contribution in [0.3, 0.4) is 0 Å². The summed E-state index contributed by atoms with van der Waals surface area (Å²) in [6.07, 6.45) is 0. The van der Waals surface area contributed by atoms with Crippen molar-refractivity contribution in [3.63, 3.8) is 0 Å². The number of nitrogens with two attached hydrogens (primary N) is 1. The quantitative estimate of drug-likeness (QED) is 0.792. The summed E-state index contributed by atoms with van der Waals surface area (Å²) in [5, 5.41) is 9.20. The number of aromatic nitrogens is 2. The van der Waals surface area contributed by atoms with E-state index < -0.39 is 23.2 Å². The van der Waals surface area contributed by atoms with E-state index >= 15 is 0 Å². The molecule has 1 aromatic heterocycles. The van der Waals surface area contributed by atoms with Gasteiger partial charge >= 0.3 is 6.01 Å². The summed E-state index contributed by atoms with van der Waals surface area (Å²) >= 11 is 0. The number of hydrogen-bond donors (Lipinski definition) is 2. The third-order valence-corrected chi connectivity index (χ3v) is 2.09. The second kappa shape index (κ2) is 4.40. The van der Waals surface area contributed by atoms with Gasteiger partial charge in [0.1, 0.15) is 17.3 Å². The number of nitrogens with zero attached hydrogens (tertiary/aromatic N) is 2. The number of carbonyl (C=O) groups excluding carboxylic acids is 1. The fourth-order valence-electron chi connectivity index (χ4n) is 1.23. The lowest BCUT2D eigenvalue weighted by molar-refractivity contribution is 0.102. The van der Waals surface area contributed by atoms with Crippen LogP contribution in [0, 0.1) is 18.6 Å². The summed E-state index contributed by atoms with van der Waals surface area (Å²) in [6.45, 7) is 1.53. The molecule has 1 heterocycles. The van der Waals surface area contributed by atoms with E-state index in [4.69, 9.17) is 10.2 Å². The highest BCUT2D eigenvalue weighted by atomic mass is 19.1. The molecule has 0 fully saturated rings. The first-order valence-corrected chi connectivity index (χ1v) is 4.83. The van der Waals surface area contributed by atoms with Crippen LogP contribution in [-0.2, 0) is 0 Å². The number of anilines is 2. The van der Waals surface area contributed by atoms with Gasteiger partial charge in [0.05, 0.1) is 0 Å². The molecule has 0 aliphatic heterocycles. The average Bonchev–Trinajstić information content (AvgIpc) is 2.71. The zero-order valence-electron chi connectivity index (χ0n) is 9.20. The second-order valence-electron chi connectivity index (χ2n) is 3.43. The Bertz CT molecular complexity index is 589. The molecule has 3 N–H and O–H groups in total. The van der Waals surface area contributed by atoms with E-state index in [1.165, 1.54) is 6.92 Å². The first-order valence-electron chi connectivity index (χ1n) is 4.83. The normalized spacial score (nSPS) is 10.4. The second-order valence-corrected chi connectivity index (χ2v) is 3.43. The van der Waals surface area contributed by atoms with E-state index in [9.17, 15) is 13.6 Å². The first kappa shape index (κ1) is 12.0. The van der Waals surface area contributed by atoms with Crippen molar-refractivity contribution in [2.75, 3.05) is 11.1 Å². The van der Waals surface area contributed by atoms with Crippen molar-refractivity contribution >= 4 is 17.6 Å². The molecular weight excluding hydrogens is 246 g/mol. The largest absolute Gasteiger partial charge is 0.408 e. The van der Waals surface area contributed by atoms with Crippen LogP contribution in [-0.4, -0.2) is 16.1 Å². The minimum atomic E-state index is -1.01. The van der Waals surface area contributed by atoms with E-state index in [-0.39, 0.29) is 17.5 Å². The van der Waals surface area contributed by atoms with Crippen molar-refractivity contribution in [2.24, 2.45) is 0 Å². The van der Waals surface area contributed by atoms with Crippen molar-refractivity contribution in [2.45, 2.75) is 6.92 Å². The Balaban J connectivity index is 2.24. The summed E-state index contributed by atoms with van der Waals surface area (Å²) in [4.78, 5) is 11.6. The SMILES string of the molecule is Cc1nnc(NC(=O)c2cc(F)c(N)c(F)c2)o1. The molecule has 0 bridgehead atoms. The van der Waals surface area contributed by atoms with Crippen LogP contribution in [0.2, 0.25) is 0 Å². The zero-order chi connectivity index (χ0) is 13.3. The van der Waals surface area contributed by atoms with Crippen LogP contribution in [0.4, 0.5) is 20.5 Å². The Morgan fingerprint density at radius 2 is 1.94 bits per heavy atom. The van der Waals surface area contributed by atoms with Crippen molar-refractivity contribution in [3.8, 4) is 0 Å². The molecule has 0 unspecified atom stereocenters. The number of nitrogens with one attached hydrogen (secondary N) is 1. The number of aryl methyl sites for hydroxylation is 1. The smallest absolute Gasteiger partial charge is 0.322 e. The monoisotopic (exact) mass is 254 g/mol. The van der Waals surface area contributed by atoms with Crippen molar-refractivity contribution in [1.82, 2.24) is 10.2 Å². The fraction of sp³-hybridized carbons (Fsp3) is 0.100. The van der Waals surface area contributed by atoms with Gasteiger partial charge in [-0.05, 0) is 12.1 Å². The van der Waals surface area contributed by atoms with E-state index in [1.807, 2.05) is 0 Å². The van der Waals surface area contributed by atoms with Crippen LogP contribution in [0.25, 0.3) is 0 Å². The van der Waals surface area contributed by atoms with Gasteiger partial charge in [-0.15, -0.1) is 5.10 Å². The molecule has 94 valence electrons. The highest BCUT2D eigenvalue weighted by Gasteiger charge is 2.15. The van der Waals surface area contributed by atoms with Gasteiger partial charge in [-0.3, -0.25) is 10.1 Å². The van der Waals surface area contributed by atoms with Crippen LogP contribution >= 0.6 is 0 Å². The number of halogens is 2. The van der Waals surface area contributed by atoms with Crippen molar-refractivity contribution in [3.05, 3.63) is 35.2 Å². The number of rotatable bonds is 2. The Hall–Kier alpha value is -2.51. The molecule has 0 aliphatic carbocycles. The fourth-order valence-corrected chi connectivity index (χ4v) is 1.23. The Labute approximate surface area is 99.8 Å². The topological polar surface area (TPSA) is 94.0 Å². The van der Waals surface area contributed by atoms with Gasteiger partial charge in [0.15, 0.2) is 0 Å². The predicted molar refractivity (Wildman–Crippen MR) is 57.8 cm³/mol. The third kappa shape index (κ3) is 2.26. The Morgan fingerprint density at radius 3 is 2.44 bits per heavy atom. The maximum Gasteiger partial charge on any atom is 0.322 e. The average molecular weight is 254 g/mol. The first-order chi connectivity index (χ1) is 8.47. The molecule has 2 rings (SSSR count). The lowest BCUT2D eigenvalue weighted by Gasteiger charge is -2.03. The van der Waals surface area contributed by atoms with E-state index in [2.05, 4.69) is 15.5 Å². The number of hydrogen-bond acceptors (Lipinski definition) is 5.